The van der Waals surface area contributed by atoms with Crippen molar-refractivity contribution in [1.29, 1.82) is 0 Å². The van der Waals surface area contributed by atoms with E-state index in [2.05, 4.69) is 5.32 Å². The minimum Gasteiger partial charge on any atom is -0.491 e. The van der Waals surface area contributed by atoms with E-state index in [1.165, 1.54) is 12.1 Å². The van der Waals surface area contributed by atoms with Gasteiger partial charge in [-0.15, -0.1) is 0 Å². The lowest BCUT2D eigenvalue weighted by molar-refractivity contribution is -0.122. The van der Waals surface area contributed by atoms with Crippen LogP contribution < -0.4 is 24.4 Å². The molecule has 3 aliphatic rings. The van der Waals surface area contributed by atoms with Crippen LogP contribution in [0.15, 0.2) is 54.6 Å². The summed E-state index contributed by atoms with van der Waals surface area (Å²) in [7, 11) is 0. The average Bonchev–Trinajstić information content (AvgIpc) is 3.49. The predicted molar refractivity (Wildman–Crippen MR) is 120 cm³/mol. The molecule has 1 atom stereocenters. The second-order valence-electron chi connectivity index (χ2n) is 8.68. The number of carbonyl (C=O) groups excluding carboxylic acids is 1. The van der Waals surface area contributed by atoms with Gasteiger partial charge in [0.25, 0.3) is 0 Å². The Labute approximate surface area is 195 Å². The lowest BCUT2D eigenvalue weighted by atomic mass is 9.77. The van der Waals surface area contributed by atoms with E-state index in [1.807, 2.05) is 35.2 Å². The molecule has 1 N–H and O–H groups in total. The topological polar surface area (TPSA) is 60.0 Å². The molecular weight excluding hydrogens is 442 g/mol. The maximum absolute atomic E-state index is 13.9. The molecule has 0 fully saturated rings. The van der Waals surface area contributed by atoms with Crippen molar-refractivity contribution in [3.8, 4) is 17.2 Å². The molecule has 6 rings (SSSR count). The van der Waals surface area contributed by atoms with Crippen molar-refractivity contribution < 1.29 is 27.8 Å². The van der Waals surface area contributed by atoms with Crippen LogP contribution in [0.5, 0.6) is 17.2 Å². The predicted octanol–water partition coefficient (Wildman–Crippen LogP) is 3.90. The molecular formula is C26H22F2N2O4. The summed E-state index contributed by atoms with van der Waals surface area (Å²) < 4.78 is 43.8. The molecule has 174 valence electrons. The number of halogens is 2. The minimum atomic E-state index is -0.917. The number of fused-ring (bicyclic) bond motifs is 5. The summed E-state index contributed by atoms with van der Waals surface area (Å²) in [4.78, 5) is 15.7. The van der Waals surface area contributed by atoms with Gasteiger partial charge in [-0.2, -0.15) is 0 Å². The summed E-state index contributed by atoms with van der Waals surface area (Å²) >= 11 is 0. The number of amides is 1. The number of anilines is 1. The summed E-state index contributed by atoms with van der Waals surface area (Å²) in [5.41, 5.74) is 2.20. The van der Waals surface area contributed by atoms with Gasteiger partial charge in [0.05, 0.1) is 0 Å². The van der Waals surface area contributed by atoms with E-state index in [-0.39, 0.29) is 19.3 Å². The monoisotopic (exact) mass is 464 g/mol. The molecule has 8 heteroatoms. The van der Waals surface area contributed by atoms with Crippen LogP contribution in [0.4, 0.5) is 14.5 Å². The lowest BCUT2D eigenvalue weighted by Crippen LogP contribution is -2.43. The first kappa shape index (κ1) is 20.9. The van der Waals surface area contributed by atoms with Crippen LogP contribution >= 0.6 is 0 Å². The average molecular weight is 464 g/mol. The highest BCUT2D eigenvalue weighted by Gasteiger charge is 2.57. The molecule has 0 bridgehead atoms. The molecule has 0 aromatic heterocycles. The van der Waals surface area contributed by atoms with Gasteiger partial charge in [0.1, 0.15) is 29.4 Å². The molecule has 3 aromatic carbocycles. The summed E-state index contributed by atoms with van der Waals surface area (Å²) in [5.74, 6) is 0.656. The highest BCUT2D eigenvalue weighted by atomic mass is 19.1. The molecule has 34 heavy (non-hydrogen) atoms. The van der Waals surface area contributed by atoms with E-state index >= 15 is 0 Å². The van der Waals surface area contributed by atoms with Crippen molar-refractivity contribution in [2.24, 2.45) is 0 Å². The summed E-state index contributed by atoms with van der Waals surface area (Å²) in [6.45, 7) is 1.81. The van der Waals surface area contributed by atoms with E-state index in [0.29, 0.717) is 48.9 Å². The fraction of sp³-hybridized carbons (Fsp3) is 0.269. The van der Waals surface area contributed by atoms with Crippen LogP contribution in [0.3, 0.4) is 0 Å². The van der Waals surface area contributed by atoms with Crippen LogP contribution in [-0.2, 0) is 16.8 Å². The highest BCUT2D eigenvalue weighted by Crippen LogP contribution is 2.54. The Morgan fingerprint density at radius 1 is 0.912 bits per heavy atom. The van der Waals surface area contributed by atoms with E-state index < -0.39 is 17.0 Å². The van der Waals surface area contributed by atoms with Crippen molar-refractivity contribution in [2.75, 3.05) is 31.4 Å². The number of hydrogen-bond acceptors (Lipinski definition) is 5. The Morgan fingerprint density at radius 3 is 2.50 bits per heavy atom. The van der Waals surface area contributed by atoms with Crippen LogP contribution in [0.25, 0.3) is 0 Å². The van der Waals surface area contributed by atoms with Gasteiger partial charge in [-0.3, -0.25) is 4.79 Å². The fourth-order valence-corrected chi connectivity index (χ4v) is 5.09. The third-order valence-electron chi connectivity index (χ3n) is 6.63. The number of para-hydroxylation sites is 1. The molecule has 1 spiro atoms. The zero-order valence-corrected chi connectivity index (χ0v) is 18.3. The minimum absolute atomic E-state index is 0.0292. The molecule has 6 nitrogen and oxygen atoms in total. The Morgan fingerprint density at radius 2 is 1.68 bits per heavy atom. The molecule has 1 unspecified atom stereocenters. The summed E-state index contributed by atoms with van der Waals surface area (Å²) in [6.07, 6.45) is 0.669. The zero-order chi connectivity index (χ0) is 23.3. The second kappa shape index (κ2) is 7.99. The number of benzene rings is 3. The molecule has 1 amide bonds. The maximum Gasteiger partial charge on any atom is 0.245 e. The van der Waals surface area contributed by atoms with E-state index in [0.717, 1.165) is 22.9 Å². The lowest BCUT2D eigenvalue weighted by Gasteiger charge is -2.23. The van der Waals surface area contributed by atoms with Crippen molar-refractivity contribution in [1.82, 2.24) is 5.32 Å². The molecule has 0 saturated heterocycles. The Hall–Kier alpha value is -3.65. The van der Waals surface area contributed by atoms with Crippen molar-refractivity contribution in [2.45, 2.75) is 18.4 Å². The van der Waals surface area contributed by atoms with Crippen molar-refractivity contribution in [3.63, 3.8) is 0 Å². The number of carbonyl (C=O) groups is 1. The second-order valence-corrected chi connectivity index (χ2v) is 8.68. The summed E-state index contributed by atoms with van der Waals surface area (Å²) in [5, 5.41) is 3.20. The molecule has 0 radical (unpaired) electrons. The van der Waals surface area contributed by atoms with Gasteiger partial charge in [0.2, 0.25) is 12.7 Å². The number of ether oxygens (including phenoxy) is 3. The molecule has 0 saturated carbocycles. The first-order chi connectivity index (χ1) is 16.6. The Kier molecular flexibility index (Phi) is 4.91. The molecule has 3 heterocycles. The van der Waals surface area contributed by atoms with Gasteiger partial charge in [-0.1, -0.05) is 18.2 Å². The normalized spacial score (nSPS) is 19.5. The van der Waals surface area contributed by atoms with Crippen LogP contribution in [0.2, 0.25) is 0 Å². The van der Waals surface area contributed by atoms with Crippen molar-refractivity contribution in [3.05, 3.63) is 82.9 Å². The fourth-order valence-electron chi connectivity index (χ4n) is 5.09. The number of nitrogens with one attached hydrogen (secondary N) is 1. The molecule has 3 aliphatic heterocycles. The highest BCUT2D eigenvalue weighted by molar-refractivity contribution is 6.11. The first-order valence-corrected chi connectivity index (χ1v) is 11.2. The number of hydrogen-bond donors (Lipinski definition) is 1. The van der Waals surface area contributed by atoms with Gasteiger partial charge in [-0.25, -0.2) is 8.78 Å². The number of nitrogens with zero attached hydrogens (tertiary/aromatic N) is 1. The number of rotatable bonds is 6. The summed E-state index contributed by atoms with van der Waals surface area (Å²) in [6, 6.07) is 14.9. The standard InChI is InChI=1S/C26H22F2N2O4/c27-17-8-16(9-18(28)10-17)13-29-6-3-7-30-21-5-2-1-4-19(21)26(25(30)31)14-32-22-12-24-23(11-20(22)26)33-15-34-24/h1-2,4-5,8-12,29H,3,6-7,13-15H2. The first-order valence-electron chi connectivity index (χ1n) is 11.2. The van der Waals surface area contributed by atoms with Gasteiger partial charge < -0.3 is 24.4 Å². The van der Waals surface area contributed by atoms with Crippen molar-refractivity contribution >= 4 is 11.6 Å². The largest absolute Gasteiger partial charge is 0.491 e. The van der Waals surface area contributed by atoms with Crippen LogP contribution in [-0.4, -0.2) is 32.4 Å². The Balaban J connectivity index is 1.20. The molecule has 0 aliphatic carbocycles. The van der Waals surface area contributed by atoms with Gasteiger partial charge in [0, 0.05) is 36.5 Å². The van der Waals surface area contributed by atoms with Gasteiger partial charge in [-0.05, 0) is 48.4 Å². The van der Waals surface area contributed by atoms with E-state index in [4.69, 9.17) is 14.2 Å². The van der Waals surface area contributed by atoms with E-state index in [9.17, 15) is 13.6 Å². The van der Waals surface area contributed by atoms with Crippen LogP contribution in [0, 0.1) is 11.6 Å². The van der Waals surface area contributed by atoms with Gasteiger partial charge in [0.15, 0.2) is 11.5 Å². The van der Waals surface area contributed by atoms with Crippen LogP contribution in [0.1, 0.15) is 23.1 Å². The third kappa shape index (κ3) is 3.20. The third-order valence-corrected chi connectivity index (χ3v) is 6.63. The maximum atomic E-state index is 13.9. The SMILES string of the molecule is O=C1N(CCCNCc2cc(F)cc(F)c2)c2ccccc2C12COc1cc3c(cc12)OCO3. The Bertz CT molecular complexity index is 1280. The van der Waals surface area contributed by atoms with Gasteiger partial charge >= 0.3 is 0 Å². The quantitative estimate of drug-likeness (QED) is 0.561. The smallest absolute Gasteiger partial charge is 0.245 e. The van der Waals surface area contributed by atoms with E-state index in [1.54, 1.807) is 6.07 Å². The zero-order valence-electron chi connectivity index (χ0n) is 18.3. The molecule has 3 aromatic rings.